The summed E-state index contributed by atoms with van der Waals surface area (Å²) >= 11 is 2.22. The van der Waals surface area contributed by atoms with Crippen LogP contribution in [0.4, 0.5) is 5.69 Å². The molecular weight excluding hydrogens is 371 g/mol. The SMILES string of the molecule is O=C1OC(c2ccco2)=NC1C=Nc1ccc(I)cc1. The second-order valence-corrected chi connectivity index (χ2v) is 5.28. The van der Waals surface area contributed by atoms with Crippen molar-refractivity contribution in [2.45, 2.75) is 6.04 Å². The molecule has 1 aliphatic heterocycles. The predicted octanol–water partition coefficient (Wildman–Crippen LogP) is 2.96. The molecule has 2 heterocycles. The monoisotopic (exact) mass is 380 g/mol. The number of aliphatic imine (C=N–C) groups is 2. The van der Waals surface area contributed by atoms with Crippen molar-refractivity contribution < 1.29 is 13.9 Å². The average molecular weight is 380 g/mol. The Bertz CT molecular complexity index is 675. The third-order valence-electron chi connectivity index (χ3n) is 2.62. The molecule has 0 amide bonds. The Labute approximate surface area is 128 Å². The molecule has 0 saturated heterocycles. The number of furan rings is 1. The van der Waals surface area contributed by atoms with Crippen LogP contribution in [0.5, 0.6) is 0 Å². The molecule has 20 heavy (non-hydrogen) atoms. The molecule has 6 heteroatoms. The Kier molecular flexibility index (Phi) is 3.64. The highest BCUT2D eigenvalue weighted by molar-refractivity contribution is 14.1. The Morgan fingerprint density at radius 3 is 2.75 bits per heavy atom. The minimum absolute atomic E-state index is 0.194. The van der Waals surface area contributed by atoms with Crippen LogP contribution in [-0.4, -0.2) is 24.1 Å². The Hall–Kier alpha value is -1.96. The van der Waals surface area contributed by atoms with E-state index < -0.39 is 12.0 Å². The third-order valence-corrected chi connectivity index (χ3v) is 3.34. The fourth-order valence-electron chi connectivity index (χ4n) is 1.65. The van der Waals surface area contributed by atoms with Gasteiger partial charge >= 0.3 is 5.97 Å². The van der Waals surface area contributed by atoms with Crippen LogP contribution >= 0.6 is 22.6 Å². The van der Waals surface area contributed by atoms with Gasteiger partial charge in [0.2, 0.25) is 0 Å². The van der Waals surface area contributed by atoms with Crippen molar-refractivity contribution in [1.29, 1.82) is 0 Å². The maximum Gasteiger partial charge on any atom is 0.343 e. The predicted molar refractivity (Wildman–Crippen MR) is 82.4 cm³/mol. The number of ether oxygens (including phenoxy) is 1. The van der Waals surface area contributed by atoms with E-state index in [4.69, 9.17) is 9.15 Å². The van der Waals surface area contributed by atoms with E-state index in [2.05, 4.69) is 32.6 Å². The van der Waals surface area contributed by atoms with Gasteiger partial charge in [-0.15, -0.1) is 0 Å². The smallest absolute Gasteiger partial charge is 0.343 e. The summed E-state index contributed by atoms with van der Waals surface area (Å²) in [6.07, 6.45) is 2.97. The molecule has 0 radical (unpaired) electrons. The first kappa shape index (κ1) is 13.0. The lowest BCUT2D eigenvalue weighted by Crippen LogP contribution is -2.16. The van der Waals surface area contributed by atoms with E-state index in [0.29, 0.717) is 5.76 Å². The van der Waals surface area contributed by atoms with Gasteiger partial charge in [0.05, 0.1) is 12.0 Å². The van der Waals surface area contributed by atoms with Crippen molar-refractivity contribution >= 4 is 46.4 Å². The van der Waals surface area contributed by atoms with E-state index in [-0.39, 0.29) is 5.90 Å². The molecule has 100 valence electrons. The van der Waals surface area contributed by atoms with Crippen LogP contribution in [0, 0.1) is 3.57 Å². The Morgan fingerprint density at radius 1 is 1.25 bits per heavy atom. The molecule has 0 spiro atoms. The standard InChI is InChI=1S/C14H9IN2O3/c15-9-3-5-10(6-4-9)16-8-11-14(18)20-13(17-11)12-2-1-7-19-12/h1-8,11H. The summed E-state index contributed by atoms with van der Waals surface area (Å²) in [5.74, 6) is 0.174. The van der Waals surface area contributed by atoms with Gasteiger partial charge in [0.1, 0.15) is 0 Å². The zero-order valence-corrected chi connectivity index (χ0v) is 12.4. The molecule has 1 atom stereocenters. The van der Waals surface area contributed by atoms with Gasteiger partial charge in [0, 0.05) is 9.78 Å². The zero-order chi connectivity index (χ0) is 13.9. The number of cyclic esters (lactones) is 1. The lowest BCUT2D eigenvalue weighted by Gasteiger charge is -1.96. The number of nitrogens with zero attached hydrogens (tertiary/aromatic N) is 2. The fraction of sp³-hybridized carbons (Fsp3) is 0.0714. The molecule has 0 N–H and O–H groups in total. The maximum atomic E-state index is 11.7. The van der Waals surface area contributed by atoms with E-state index in [9.17, 15) is 4.79 Å². The van der Waals surface area contributed by atoms with Crippen LogP contribution in [0.15, 0.2) is 57.1 Å². The highest BCUT2D eigenvalue weighted by atomic mass is 127. The van der Waals surface area contributed by atoms with Crippen LogP contribution < -0.4 is 0 Å². The largest absolute Gasteiger partial charge is 0.459 e. The summed E-state index contributed by atoms with van der Waals surface area (Å²) in [5.41, 5.74) is 0.764. The quantitative estimate of drug-likeness (QED) is 0.467. The number of halogens is 1. The molecule has 0 fully saturated rings. The van der Waals surface area contributed by atoms with Crippen molar-refractivity contribution in [3.8, 4) is 0 Å². The van der Waals surface area contributed by atoms with Gasteiger partial charge in [-0.05, 0) is 59.0 Å². The molecule has 0 bridgehead atoms. The topological polar surface area (TPSA) is 64.2 Å². The van der Waals surface area contributed by atoms with E-state index in [1.807, 2.05) is 24.3 Å². The lowest BCUT2D eigenvalue weighted by atomic mass is 10.3. The molecular formula is C14H9IN2O3. The van der Waals surface area contributed by atoms with Gasteiger partial charge < -0.3 is 9.15 Å². The summed E-state index contributed by atoms with van der Waals surface area (Å²) in [7, 11) is 0. The van der Waals surface area contributed by atoms with E-state index in [1.165, 1.54) is 12.5 Å². The second kappa shape index (κ2) is 5.58. The zero-order valence-electron chi connectivity index (χ0n) is 10.2. The number of hydrogen-bond acceptors (Lipinski definition) is 5. The molecule has 2 aromatic rings. The van der Waals surface area contributed by atoms with Crippen LogP contribution in [0.3, 0.4) is 0 Å². The summed E-state index contributed by atoms with van der Waals surface area (Å²) < 4.78 is 11.3. The van der Waals surface area contributed by atoms with Gasteiger partial charge in [-0.1, -0.05) is 0 Å². The van der Waals surface area contributed by atoms with Crippen molar-refractivity contribution in [2.24, 2.45) is 9.98 Å². The average Bonchev–Trinajstić information content (AvgIpc) is 3.08. The van der Waals surface area contributed by atoms with E-state index in [1.54, 1.807) is 12.1 Å². The first-order chi connectivity index (χ1) is 9.72. The van der Waals surface area contributed by atoms with E-state index in [0.717, 1.165) is 9.26 Å². The first-order valence-electron chi connectivity index (χ1n) is 5.85. The molecule has 1 aromatic heterocycles. The highest BCUT2D eigenvalue weighted by Crippen LogP contribution is 2.16. The second-order valence-electron chi connectivity index (χ2n) is 4.03. The molecule has 5 nitrogen and oxygen atoms in total. The van der Waals surface area contributed by atoms with Crippen molar-refractivity contribution in [2.75, 3.05) is 0 Å². The summed E-state index contributed by atoms with van der Waals surface area (Å²) in [5, 5.41) is 0. The van der Waals surface area contributed by atoms with Gasteiger partial charge in [-0.3, -0.25) is 4.99 Å². The molecule has 0 saturated carbocycles. The van der Waals surface area contributed by atoms with Gasteiger partial charge in [0.25, 0.3) is 5.90 Å². The number of benzene rings is 1. The third kappa shape index (κ3) is 2.79. The summed E-state index contributed by atoms with van der Waals surface area (Å²) in [6.45, 7) is 0. The van der Waals surface area contributed by atoms with Gasteiger partial charge in [-0.25, -0.2) is 9.79 Å². The normalized spacial score (nSPS) is 18.4. The highest BCUT2D eigenvalue weighted by Gasteiger charge is 2.29. The fourth-order valence-corrected chi connectivity index (χ4v) is 2.01. The van der Waals surface area contributed by atoms with Gasteiger partial charge in [0.15, 0.2) is 11.8 Å². The lowest BCUT2D eigenvalue weighted by molar-refractivity contribution is -0.133. The minimum atomic E-state index is -0.727. The maximum absolute atomic E-state index is 11.7. The minimum Gasteiger partial charge on any atom is -0.459 e. The number of esters is 1. The first-order valence-corrected chi connectivity index (χ1v) is 6.93. The summed E-state index contributed by atoms with van der Waals surface area (Å²) in [4.78, 5) is 20.1. The molecule has 3 rings (SSSR count). The molecule has 0 aliphatic carbocycles. The Morgan fingerprint density at radius 2 is 2.05 bits per heavy atom. The number of carbonyl (C=O) groups excluding carboxylic acids is 1. The van der Waals surface area contributed by atoms with Crippen molar-refractivity contribution in [3.05, 3.63) is 52.0 Å². The number of hydrogen-bond donors (Lipinski definition) is 0. The van der Waals surface area contributed by atoms with Gasteiger partial charge in [-0.2, -0.15) is 0 Å². The van der Waals surface area contributed by atoms with Crippen LogP contribution in [0.2, 0.25) is 0 Å². The molecule has 1 aliphatic rings. The summed E-state index contributed by atoms with van der Waals surface area (Å²) in [6, 6.07) is 10.3. The number of rotatable bonds is 3. The number of carbonyl (C=O) groups is 1. The van der Waals surface area contributed by atoms with Crippen LogP contribution in [0.25, 0.3) is 0 Å². The van der Waals surface area contributed by atoms with Crippen molar-refractivity contribution in [3.63, 3.8) is 0 Å². The van der Waals surface area contributed by atoms with Crippen LogP contribution in [0.1, 0.15) is 5.76 Å². The van der Waals surface area contributed by atoms with Crippen molar-refractivity contribution in [1.82, 2.24) is 0 Å². The molecule has 1 aromatic carbocycles. The Balaban J connectivity index is 1.77. The van der Waals surface area contributed by atoms with E-state index >= 15 is 0 Å². The van der Waals surface area contributed by atoms with Crippen LogP contribution in [-0.2, 0) is 9.53 Å². The molecule has 1 unspecified atom stereocenters.